The molecule has 82 valence electrons. The lowest BCUT2D eigenvalue weighted by molar-refractivity contribution is 0.472. The van der Waals surface area contributed by atoms with E-state index in [1.807, 2.05) is 0 Å². The minimum atomic E-state index is -0.329. The van der Waals surface area contributed by atoms with E-state index in [0.717, 1.165) is 0 Å². The van der Waals surface area contributed by atoms with Crippen LogP contribution in [0.4, 0.5) is 4.39 Å². The topological polar surface area (TPSA) is 37.9 Å². The molecule has 3 nitrogen and oxygen atoms in total. The van der Waals surface area contributed by atoms with E-state index in [0.29, 0.717) is 20.7 Å². The second-order valence-corrected chi connectivity index (χ2v) is 4.17. The average Bonchev–Trinajstić information content (AvgIpc) is 2.25. The largest absolute Gasteiger partial charge is 0.453 e. The summed E-state index contributed by atoms with van der Waals surface area (Å²) in [4.78, 5) is 6.61. The van der Waals surface area contributed by atoms with Gasteiger partial charge >= 0.3 is 0 Å². The lowest BCUT2D eigenvalue weighted by atomic mass is 10.3. The fraction of sp³-hybridized carbons (Fsp3) is 0. The van der Waals surface area contributed by atoms with Crippen molar-refractivity contribution in [2.45, 2.75) is 0 Å². The van der Waals surface area contributed by atoms with Crippen molar-refractivity contribution in [1.29, 1.82) is 0 Å². The molecule has 0 aliphatic rings. The first-order valence-corrected chi connectivity index (χ1v) is 5.53. The fourth-order valence-electron chi connectivity index (χ4n) is 1.07. The summed E-state index contributed by atoms with van der Waals surface area (Å²) in [6, 6.07) is 4.17. The van der Waals surface area contributed by atoms with Crippen LogP contribution in [0.3, 0.4) is 0 Å². The molecule has 0 bridgehead atoms. The lowest BCUT2D eigenvalue weighted by Gasteiger charge is -2.06. The first kappa shape index (κ1) is 11.2. The minimum absolute atomic E-state index is 0.329. The van der Waals surface area contributed by atoms with E-state index in [9.17, 15) is 4.39 Å². The molecule has 0 fully saturated rings. The molecular formula is C10H6BrFN2OS. The third-order valence-electron chi connectivity index (χ3n) is 1.77. The Labute approximate surface area is 104 Å². The number of hydrogen-bond acceptors (Lipinski definition) is 3. The van der Waals surface area contributed by atoms with Gasteiger partial charge in [-0.15, -0.1) is 0 Å². The maximum atomic E-state index is 12.8. The molecule has 0 amide bonds. The highest BCUT2D eigenvalue weighted by Gasteiger charge is 2.04. The standard InChI is InChI=1S/C10H6BrFN2OS/c11-8-3-6(12)1-2-9(8)15-7-4-13-10(16)14-5-7/h1-5H,(H,13,14,16). The molecule has 16 heavy (non-hydrogen) atoms. The van der Waals surface area contributed by atoms with Crippen LogP contribution in [0.2, 0.25) is 0 Å². The molecule has 0 aliphatic heterocycles. The van der Waals surface area contributed by atoms with Crippen LogP contribution >= 0.6 is 28.1 Å². The Balaban J connectivity index is 2.27. The van der Waals surface area contributed by atoms with E-state index < -0.39 is 0 Å². The van der Waals surface area contributed by atoms with Crippen LogP contribution in [0.25, 0.3) is 0 Å². The molecule has 2 rings (SSSR count). The maximum Gasteiger partial charge on any atom is 0.196 e. The van der Waals surface area contributed by atoms with Gasteiger partial charge in [0.15, 0.2) is 10.5 Å². The average molecular weight is 301 g/mol. The first-order chi connectivity index (χ1) is 7.65. The summed E-state index contributed by atoms with van der Waals surface area (Å²) in [7, 11) is 0. The maximum absolute atomic E-state index is 12.8. The van der Waals surface area contributed by atoms with Crippen LogP contribution in [0.1, 0.15) is 0 Å². The lowest BCUT2D eigenvalue weighted by Crippen LogP contribution is -1.89. The number of hydrogen-bond donors (Lipinski definition) is 1. The third-order valence-corrected chi connectivity index (χ3v) is 2.61. The third kappa shape index (κ3) is 2.65. The van der Waals surface area contributed by atoms with Gasteiger partial charge in [0.1, 0.15) is 11.6 Å². The first-order valence-electron chi connectivity index (χ1n) is 4.33. The van der Waals surface area contributed by atoms with Gasteiger partial charge in [-0.1, -0.05) is 0 Å². The Morgan fingerprint density at radius 2 is 2.25 bits per heavy atom. The Morgan fingerprint density at radius 3 is 2.88 bits per heavy atom. The molecule has 0 saturated carbocycles. The molecule has 1 aromatic heterocycles. The predicted molar refractivity (Wildman–Crippen MR) is 63.6 cm³/mol. The molecule has 1 N–H and O–H groups in total. The van der Waals surface area contributed by atoms with Crippen molar-refractivity contribution in [1.82, 2.24) is 9.97 Å². The van der Waals surface area contributed by atoms with Gasteiger partial charge in [-0.25, -0.2) is 9.37 Å². The van der Waals surface area contributed by atoms with Gasteiger partial charge < -0.3 is 9.72 Å². The number of nitrogens with one attached hydrogen (secondary N) is 1. The zero-order chi connectivity index (χ0) is 11.5. The van der Waals surface area contributed by atoms with Crippen molar-refractivity contribution in [3.8, 4) is 11.5 Å². The summed E-state index contributed by atoms with van der Waals surface area (Å²) in [6.07, 6.45) is 3.08. The second kappa shape index (κ2) is 4.71. The Kier molecular flexibility index (Phi) is 3.31. The SMILES string of the molecule is Fc1ccc(Oc2cnc(=S)[nH]c2)c(Br)c1. The summed E-state index contributed by atoms with van der Waals surface area (Å²) < 4.78 is 19.2. The quantitative estimate of drug-likeness (QED) is 0.857. The molecule has 2 aromatic rings. The molecule has 1 heterocycles. The van der Waals surface area contributed by atoms with Gasteiger partial charge in [0, 0.05) is 6.20 Å². The Morgan fingerprint density at radius 1 is 1.44 bits per heavy atom. The van der Waals surface area contributed by atoms with Gasteiger partial charge in [0.05, 0.1) is 10.7 Å². The zero-order valence-electron chi connectivity index (χ0n) is 7.91. The number of aromatic nitrogens is 2. The van der Waals surface area contributed by atoms with Crippen LogP contribution in [-0.4, -0.2) is 9.97 Å². The highest BCUT2D eigenvalue weighted by atomic mass is 79.9. The molecule has 0 spiro atoms. The predicted octanol–water partition coefficient (Wildman–Crippen LogP) is 3.83. The van der Waals surface area contributed by atoms with Crippen molar-refractivity contribution in [2.75, 3.05) is 0 Å². The number of halogens is 2. The van der Waals surface area contributed by atoms with Crippen molar-refractivity contribution >= 4 is 28.1 Å². The normalized spacial score (nSPS) is 10.1. The van der Waals surface area contributed by atoms with E-state index in [-0.39, 0.29) is 5.82 Å². The number of H-pyrrole nitrogens is 1. The summed E-state index contributed by atoms with van der Waals surface area (Å²) in [6.45, 7) is 0. The van der Waals surface area contributed by atoms with Gasteiger partial charge in [-0.05, 0) is 46.3 Å². The van der Waals surface area contributed by atoms with Crippen LogP contribution in [0.15, 0.2) is 35.1 Å². The molecule has 0 aliphatic carbocycles. The van der Waals surface area contributed by atoms with E-state index in [1.165, 1.54) is 24.4 Å². The van der Waals surface area contributed by atoms with E-state index in [1.54, 1.807) is 6.20 Å². The minimum Gasteiger partial charge on any atom is -0.453 e. The van der Waals surface area contributed by atoms with E-state index in [4.69, 9.17) is 17.0 Å². The summed E-state index contributed by atoms with van der Waals surface area (Å²) in [5.41, 5.74) is 0. The Hall–Kier alpha value is -1.27. The molecule has 1 aromatic carbocycles. The highest BCUT2D eigenvalue weighted by molar-refractivity contribution is 9.10. The number of nitrogens with zero attached hydrogens (tertiary/aromatic N) is 1. The smallest absolute Gasteiger partial charge is 0.196 e. The summed E-state index contributed by atoms with van der Waals surface area (Å²) in [5.74, 6) is 0.680. The van der Waals surface area contributed by atoms with Gasteiger partial charge in [0.25, 0.3) is 0 Å². The summed E-state index contributed by atoms with van der Waals surface area (Å²) in [5, 5.41) is 0. The van der Waals surface area contributed by atoms with Crippen molar-refractivity contribution in [3.05, 3.63) is 45.7 Å². The Bertz CT molecular complexity index is 552. The zero-order valence-corrected chi connectivity index (χ0v) is 10.3. The highest BCUT2D eigenvalue weighted by Crippen LogP contribution is 2.29. The fourth-order valence-corrected chi connectivity index (χ4v) is 1.61. The number of ether oxygens (including phenoxy) is 1. The number of rotatable bonds is 2. The van der Waals surface area contributed by atoms with Crippen molar-refractivity contribution in [2.24, 2.45) is 0 Å². The van der Waals surface area contributed by atoms with Crippen LogP contribution in [0, 0.1) is 10.6 Å². The number of benzene rings is 1. The van der Waals surface area contributed by atoms with Gasteiger partial charge in [-0.3, -0.25) is 0 Å². The van der Waals surface area contributed by atoms with Crippen molar-refractivity contribution < 1.29 is 9.13 Å². The van der Waals surface area contributed by atoms with E-state index >= 15 is 0 Å². The van der Waals surface area contributed by atoms with Crippen LogP contribution < -0.4 is 4.74 Å². The molecule has 0 saturated heterocycles. The van der Waals surface area contributed by atoms with Crippen LogP contribution in [-0.2, 0) is 0 Å². The van der Waals surface area contributed by atoms with E-state index in [2.05, 4.69) is 25.9 Å². The van der Waals surface area contributed by atoms with Crippen LogP contribution in [0.5, 0.6) is 11.5 Å². The van der Waals surface area contributed by atoms with Gasteiger partial charge in [-0.2, -0.15) is 0 Å². The van der Waals surface area contributed by atoms with Gasteiger partial charge in [0.2, 0.25) is 0 Å². The van der Waals surface area contributed by atoms with Crippen molar-refractivity contribution in [3.63, 3.8) is 0 Å². The molecule has 0 radical (unpaired) electrons. The molecular weight excluding hydrogens is 295 g/mol. The monoisotopic (exact) mass is 300 g/mol. The number of aromatic amines is 1. The summed E-state index contributed by atoms with van der Waals surface area (Å²) >= 11 is 8.00. The second-order valence-electron chi connectivity index (χ2n) is 2.93. The molecule has 0 unspecified atom stereocenters. The molecule has 0 atom stereocenters. The molecule has 6 heteroatoms.